The van der Waals surface area contributed by atoms with E-state index in [1.807, 2.05) is 0 Å². The molecule has 0 spiro atoms. The lowest BCUT2D eigenvalue weighted by molar-refractivity contribution is 0.0685. The molecule has 0 rings (SSSR count). The molecule has 0 saturated carbocycles. The maximum atomic E-state index is 9.69. The van der Waals surface area contributed by atoms with Gasteiger partial charge in [0.1, 0.15) is 0 Å². The molecule has 0 fully saturated rings. The van der Waals surface area contributed by atoms with E-state index in [9.17, 15) is 4.79 Å². The van der Waals surface area contributed by atoms with E-state index in [0.717, 1.165) is 38.7 Å². The van der Waals surface area contributed by atoms with Gasteiger partial charge in [-0.3, -0.25) is 0 Å². The van der Waals surface area contributed by atoms with Gasteiger partial charge >= 0.3 is 6.47 Å². The molecule has 0 aliphatic carbocycles. The van der Waals surface area contributed by atoms with Crippen LogP contribution in [0.2, 0.25) is 0 Å². The van der Waals surface area contributed by atoms with Gasteiger partial charge in [-0.25, -0.2) is 4.79 Å². The minimum absolute atomic E-state index is 0.494. The van der Waals surface area contributed by atoms with Crippen LogP contribution in [0.25, 0.3) is 0 Å². The number of carbonyl (C=O) groups excluding carboxylic acids is 1. The van der Waals surface area contributed by atoms with E-state index in [4.69, 9.17) is 9.47 Å². The molecule has 0 aliphatic heterocycles. The molecule has 0 N–H and O–H groups in total. The summed E-state index contributed by atoms with van der Waals surface area (Å²) in [7, 11) is 1.67. The Hall–Kier alpha value is -0.610. The maximum Gasteiger partial charge on any atom is 0.417 e. The van der Waals surface area contributed by atoms with Gasteiger partial charge < -0.3 is 14.2 Å². The summed E-state index contributed by atoms with van der Waals surface area (Å²) >= 11 is 0. The Balaban J connectivity index is 2.83. The lowest BCUT2D eigenvalue weighted by Crippen LogP contribution is -2.02. The smallest absolute Gasteiger partial charge is 0.417 e. The SMILES string of the molecule is COCCOCCCCCCCO[C]=O. The van der Waals surface area contributed by atoms with E-state index in [0.29, 0.717) is 19.8 Å². The van der Waals surface area contributed by atoms with Crippen molar-refractivity contribution in [3.63, 3.8) is 0 Å². The largest absolute Gasteiger partial charge is 0.457 e. The standard InChI is InChI=1S/C11H21O4/c1-13-9-10-14-7-5-3-2-4-6-8-15-11-12/h2-10H2,1H3. The molecule has 1 radical (unpaired) electrons. The van der Waals surface area contributed by atoms with Crippen LogP contribution in [0, 0.1) is 0 Å². The molecule has 0 saturated heterocycles. The van der Waals surface area contributed by atoms with Crippen molar-refractivity contribution in [2.75, 3.05) is 33.5 Å². The van der Waals surface area contributed by atoms with Crippen molar-refractivity contribution in [2.45, 2.75) is 32.1 Å². The van der Waals surface area contributed by atoms with E-state index >= 15 is 0 Å². The third-order valence-corrected chi connectivity index (χ3v) is 2.03. The molecular formula is C11H21O4. The van der Waals surface area contributed by atoms with E-state index in [1.165, 1.54) is 6.47 Å². The van der Waals surface area contributed by atoms with Gasteiger partial charge in [-0.1, -0.05) is 19.3 Å². The highest BCUT2D eigenvalue weighted by atomic mass is 16.5. The highest BCUT2D eigenvalue weighted by molar-refractivity contribution is 5.37. The van der Waals surface area contributed by atoms with Crippen LogP contribution >= 0.6 is 0 Å². The van der Waals surface area contributed by atoms with Crippen molar-refractivity contribution in [3.8, 4) is 0 Å². The number of methoxy groups -OCH3 is 1. The molecule has 0 bridgehead atoms. The second-order valence-corrected chi connectivity index (χ2v) is 3.30. The molecule has 89 valence electrons. The van der Waals surface area contributed by atoms with Gasteiger partial charge in [0.15, 0.2) is 0 Å². The lowest BCUT2D eigenvalue weighted by Gasteiger charge is -2.03. The zero-order valence-electron chi connectivity index (χ0n) is 9.50. The molecule has 0 aliphatic rings. The normalized spacial score (nSPS) is 10.2. The van der Waals surface area contributed by atoms with E-state index in [-0.39, 0.29) is 0 Å². The first-order chi connectivity index (χ1) is 7.41. The predicted molar refractivity (Wildman–Crippen MR) is 57.4 cm³/mol. The molecular weight excluding hydrogens is 196 g/mol. The first kappa shape index (κ1) is 14.4. The number of ether oxygens (including phenoxy) is 3. The minimum Gasteiger partial charge on any atom is -0.457 e. The Labute approximate surface area is 91.9 Å². The van der Waals surface area contributed by atoms with Crippen molar-refractivity contribution in [1.82, 2.24) is 0 Å². The fourth-order valence-corrected chi connectivity index (χ4v) is 1.19. The molecule has 0 unspecified atom stereocenters. The average Bonchev–Trinajstić information content (AvgIpc) is 2.26. The molecule has 0 aromatic rings. The van der Waals surface area contributed by atoms with Gasteiger partial charge in [-0.2, -0.15) is 0 Å². The van der Waals surface area contributed by atoms with Gasteiger partial charge in [0.05, 0.1) is 19.8 Å². The van der Waals surface area contributed by atoms with Crippen molar-refractivity contribution in [3.05, 3.63) is 0 Å². The van der Waals surface area contributed by atoms with Gasteiger partial charge in [-0.05, 0) is 12.8 Å². The first-order valence-electron chi connectivity index (χ1n) is 5.47. The maximum absolute atomic E-state index is 9.69. The van der Waals surface area contributed by atoms with Crippen LogP contribution in [0.4, 0.5) is 0 Å². The molecule has 0 aromatic carbocycles. The van der Waals surface area contributed by atoms with Gasteiger partial charge in [0.2, 0.25) is 0 Å². The van der Waals surface area contributed by atoms with E-state index < -0.39 is 0 Å². The monoisotopic (exact) mass is 217 g/mol. The number of unbranched alkanes of at least 4 members (excludes halogenated alkanes) is 4. The zero-order chi connectivity index (χ0) is 11.2. The lowest BCUT2D eigenvalue weighted by atomic mass is 10.1. The fourth-order valence-electron chi connectivity index (χ4n) is 1.19. The Morgan fingerprint density at radius 3 is 2.20 bits per heavy atom. The number of rotatable bonds is 12. The highest BCUT2D eigenvalue weighted by Gasteiger charge is 1.92. The molecule has 0 aromatic heterocycles. The highest BCUT2D eigenvalue weighted by Crippen LogP contribution is 2.03. The molecule has 0 atom stereocenters. The zero-order valence-corrected chi connectivity index (χ0v) is 9.50. The Morgan fingerprint density at radius 1 is 0.867 bits per heavy atom. The van der Waals surface area contributed by atoms with Crippen LogP contribution in [0.1, 0.15) is 32.1 Å². The minimum atomic E-state index is 0.494. The van der Waals surface area contributed by atoms with Crippen LogP contribution in [-0.2, 0) is 19.0 Å². The second-order valence-electron chi connectivity index (χ2n) is 3.30. The summed E-state index contributed by atoms with van der Waals surface area (Å²) in [6, 6.07) is 0. The second kappa shape index (κ2) is 13.4. The van der Waals surface area contributed by atoms with Crippen LogP contribution in [0.15, 0.2) is 0 Å². The quantitative estimate of drug-likeness (QED) is 0.467. The molecule has 15 heavy (non-hydrogen) atoms. The topological polar surface area (TPSA) is 44.8 Å². The summed E-state index contributed by atoms with van der Waals surface area (Å²) in [4.78, 5) is 9.69. The summed E-state index contributed by atoms with van der Waals surface area (Å²) < 4.78 is 14.6. The van der Waals surface area contributed by atoms with E-state index in [2.05, 4.69) is 4.74 Å². The van der Waals surface area contributed by atoms with Crippen molar-refractivity contribution >= 4 is 6.47 Å². The molecule has 0 amide bonds. The fraction of sp³-hybridized carbons (Fsp3) is 0.909. The molecule has 0 heterocycles. The van der Waals surface area contributed by atoms with Crippen molar-refractivity contribution in [2.24, 2.45) is 0 Å². The molecule has 4 heteroatoms. The Morgan fingerprint density at radius 2 is 1.53 bits per heavy atom. The third kappa shape index (κ3) is 13.4. The summed E-state index contributed by atoms with van der Waals surface area (Å²) in [5.74, 6) is 0. The Kier molecular flexibility index (Phi) is 12.8. The van der Waals surface area contributed by atoms with Crippen molar-refractivity contribution < 1.29 is 19.0 Å². The van der Waals surface area contributed by atoms with Gasteiger partial charge in [0.25, 0.3) is 0 Å². The van der Waals surface area contributed by atoms with Crippen LogP contribution in [-0.4, -0.2) is 40.0 Å². The number of hydrogen-bond acceptors (Lipinski definition) is 4. The van der Waals surface area contributed by atoms with Crippen LogP contribution in [0.5, 0.6) is 0 Å². The van der Waals surface area contributed by atoms with Crippen LogP contribution < -0.4 is 0 Å². The average molecular weight is 217 g/mol. The summed E-state index contributed by atoms with van der Waals surface area (Å²) in [5.41, 5.74) is 0. The summed E-state index contributed by atoms with van der Waals surface area (Å²) in [6.07, 6.45) is 5.44. The summed E-state index contributed by atoms with van der Waals surface area (Å²) in [6.45, 7) is 4.06. The molecule has 4 nitrogen and oxygen atoms in total. The third-order valence-electron chi connectivity index (χ3n) is 2.03. The Bertz CT molecular complexity index is 128. The van der Waals surface area contributed by atoms with Gasteiger partial charge in [0, 0.05) is 13.7 Å². The summed E-state index contributed by atoms with van der Waals surface area (Å²) in [5, 5.41) is 0. The van der Waals surface area contributed by atoms with Gasteiger partial charge in [-0.15, -0.1) is 0 Å². The first-order valence-corrected chi connectivity index (χ1v) is 5.47. The number of hydrogen-bond donors (Lipinski definition) is 0. The van der Waals surface area contributed by atoms with E-state index in [1.54, 1.807) is 7.11 Å². The predicted octanol–water partition coefficient (Wildman–Crippen LogP) is 1.68. The van der Waals surface area contributed by atoms with Crippen molar-refractivity contribution in [1.29, 1.82) is 0 Å². The van der Waals surface area contributed by atoms with Crippen LogP contribution in [0.3, 0.4) is 0 Å².